The molecule has 3 aliphatic heterocycles. The van der Waals surface area contributed by atoms with Gasteiger partial charge in [0.2, 0.25) is 71.3 Å². The number of unbranched alkanes of at least 4 members (excludes halogenated alkanes) is 5. The molecule has 0 aromatic heterocycles. The first-order valence-electron chi connectivity index (χ1n) is 39.4. The van der Waals surface area contributed by atoms with Gasteiger partial charge >= 0.3 is 7.60 Å². The molecule has 43 heteroatoms. The third-order valence-corrected chi connectivity index (χ3v) is 19.1. The van der Waals surface area contributed by atoms with Gasteiger partial charge in [0.15, 0.2) is 12.6 Å². The molecule has 3 aliphatic rings. The maximum atomic E-state index is 14.5. The van der Waals surface area contributed by atoms with Crippen LogP contribution in [0.15, 0.2) is 24.7 Å². The molecule has 666 valence electrons. The minimum Gasteiger partial charge on any atom is -0.496 e. The van der Waals surface area contributed by atoms with Crippen LogP contribution >= 0.6 is 7.60 Å². The Balaban J connectivity index is 1.57. The standard InChI is InChI=1S/C73H128N11O31P/c1-46-51(43-85)113-69(60(63(46)97)80-47(2)88)109-40-37-106-34-30-76-57(94)23-17-21-55(92)75-28-14-11-26-73(5,72(103)79-29-12-7-8-15-33-112-116(6,104)105)84-68(102)50(83-59(96)25-18-24-58(95)78-32-36-108-39-42-111-71-62(82-49(4)90)67(101)65(99)53(45-87)115-71)19-10-9-13-27-74-54(91)20-16-22-56(93)77-31-35-107-38-41-110-70-61(81-48(3)89)66(100)64(98)52(44-86)114-70/h10,19,37,40,46,50-53,60-67,69-71,85-87,97-101H,7-9,11-18,20-36,38-39,41-45H2,1-6H3,(H,74,91)(H,75,92)(H,76,94)(H,77,93)(H,78,95)(H,79,103)(H,80,88)(H,81,89)(H,82,90)(H,83,96)(H,84,102)(H,104,105)/b19-10+,40-37+. The fourth-order valence-electron chi connectivity index (χ4n) is 12.1. The molecule has 3 heterocycles. The van der Waals surface area contributed by atoms with Crippen molar-refractivity contribution in [1.82, 2.24) is 58.5 Å². The lowest BCUT2D eigenvalue weighted by atomic mass is 9.89. The zero-order valence-corrected chi connectivity index (χ0v) is 68.1. The molecule has 18 unspecified atom stereocenters. The second-order valence-electron chi connectivity index (χ2n) is 28.4. The second-order valence-corrected chi connectivity index (χ2v) is 30.3. The van der Waals surface area contributed by atoms with E-state index in [0.29, 0.717) is 51.4 Å². The van der Waals surface area contributed by atoms with E-state index in [1.165, 1.54) is 40.0 Å². The number of amides is 11. The van der Waals surface area contributed by atoms with E-state index in [4.69, 9.17) is 47.2 Å². The number of hydrogen-bond acceptors (Lipinski definition) is 30. The number of rotatable bonds is 60. The van der Waals surface area contributed by atoms with Crippen molar-refractivity contribution in [3.8, 4) is 0 Å². The average Bonchev–Trinajstić information content (AvgIpc) is 0.821. The van der Waals surface area contributed by atoms with Gasteiger partial charge in [-0.2, -0.15) is 0 Å². The highest BCUT2D eigenvalue weighted by Crippen LogP contribution is 2.36. The van der Waals surface area contributed by atoms with Gasteiger partial charge in [0.1, 0.15) is 85.5 Å². The molecule has 3 fully saturated rings. The summed E-state index contributed by atoms with van der Waals surface area (Å²) in [6, 6.07) is -4.55. The fourth-order valence-corrected chi connectivity index (χ4v) is 12.6. The summed E-state index contributed by atoms with van der Waals surface area (Å²) in [5.41, 5.74) is -1.60. The summed E-state index contributed by atoms with van der Waals surface area (Å²) in [4.78, 5) is 151. The molecule has 0 aromatic carbocycles. The summed E-state index contributed by atoms with van der Waals surface area (Å²) in [6.45, 7) is 7.28. The van der Waals surface area contributed by atoms with Gasteiger partial charge in [0.25, 0.3) is 0 Å². The van der Waals surface area contributed by atoms with Crippen LogP contribution in [0.3, 0.4) is 0 Å². The maximum Gasteiger partial charge on any atom is 0.325 e. The number of carbonyl (C=O) groups excluding carboxylic acids is 11. The summed E-state index contributed by atoms with van der Waals surface area (Å²) in [6.07, 6.45) is -4.41. The first-order chi connectivity index (χ1) is 55.2. The molecular weight excluding hydrogens is 1560 g/mol. The molecule has 0 aromatic rings. The molecule has 20 N–H and O–H groups in total. The summed E-state index contributed by atoms with van der Waals surface area (Å²) in [5, 5.41) is 110. The van der Waals surface area contributed by atoms with Crippen molar-refractivity contribution in [3.05, 3.63) is 24.7 Å². The van der Waals surface area contributed by atoms with Gasteiger partial charge in [-0.3, -0.25) is 57.3 Å². The maximum absolute atomic E-state index is 14.5. The molecule has 0 spiro atoms. The Morgan fingerprint density at radius 2 is 0.888 bits per heavy atom. The number of carbonyl (C=O) groups is 11. The summed E-state index contributed by atoms with van der Waals surface area (Å²) in [7, 11) is -3.65. The number of allylic oxidation sites excluding steroid dienone is 1. The summed E-state index contributed by atoms with van der Waals surface area (Å²) < 4.78 is 66.4. The number of ether oxygens (including phenoxy) is 9. The Morgan fingerprint density at radius 1 is 0.466 bits per heavy atom. The second kappa shape index (κ2) is 57.8. The average molecular weight is 1690 g/mol. The van der Waals surface area contributed by atoms with Crippen LogP contribution in [0.2, 0.25) is 0 Å². The zero-order chi connectivity index (χ0) is 86.0. The summed E-state index contributed by atoms with van der Waals surface area (Å²) in [5.74, 6) is -5.67. The van der Waals surface area contributed by atoms with Gasteiger partial charge in [-0.1, -0.05) is 31.9 Å². The Kier molecular flexibility index (Phi) is 51.4. The third-order valence-electron chi connectivity index (χ3n) is 18.4. The first kappa shape index (κ1) is 103. The van der Waals surface area contributed by atoms with Crippen molar-refractivity contribution in [2.45, 2.75) is 248 Å². The molecule has 0 saturated carbocycles. The Morgan fingerprint density at radius 3 is 1.36 bits per heavy atom. The van der Waals surface area contributed by atoms with E-state index in [2.05, 4.69) is 58.5 Å². The highest BCUT2D eigenvalue weighted by Gasteiger charge is 2.48. The Hall–Kier alpha value is -7.20. The van der Waals surface area contributed by atoms with Crippen LogP contribution in [-0.4, -0.2) is 327 Å². The smallest absolute Gasteiger partial charge is 0.325 e. The SMILES string of the molecule is CC(=O)NC1C(O/C=C/OCCNC(=O)CCCC(=O)NCCCCC(C)(NC(=O)C(/C=C/CCCNC(=O)CCCC(=O)NCCOCCOC2OC(CO)C(O)C(O)C2NC(C)=O)NC(=O)CCCC(=O)NCCOCCOC2OC(CO)C(O)C(O)C2NC(C)=O)C(=O)NCCCCCCOP(C)(=O)O)OC(CO)C(C)C1O. The van der Waals surface area contributed by atoms with Crippen LogP contribution in [-0.2, 0) is 104 Å². The van der Waals surface area contributed by atoms with Crippen molar-refractivity contribution in [2.24, 2.45) is 5.92 Å². The summed E-state index contributed by atoms with van der Waals surface area (Å²) >= 11 is 0. The van der Waals surface area contributed by atoms with Gasteiger partial charge in [0, 0.05) is 105 Å². The highest BCUT2D eigenvalue weighted by molar-refractivity contribution is 7.51. The van der Waals surface area contributed by atoms with E-state index in [-0.39, 0.29) is 187 Å². The predicted octanol–water partition coefficient (Wildman–Crippen LogP) is -4.87. The number of aliphatic hydroxyl groups excluding tert-OH is 8. The molecule has 3 saturated heterocycles. The van der Waals surface area contributed by atoms with Gasteiger partial charge in [0.05, 0.1) is 84.8 Å². The quantitative estimate of drug-likeness (QED) is 0.0117. The van der Waals surface area contributed by atoms with Crippen molar-refractivity contribution < 1.29 is 150 Å². The number of nitrogens with one attached hydrogen (secondary N) is 11. The predicted molar refractivity (Wildman–Crippen MR) is 409 cm³/mol. The molecule has 0 aliphatic carbocycles. The van der Waals surface area contributed by atoms with Gasteiger partial charge in [-0.15, -0.1) is 0 Å². The normalized spacial score (nSPS) is 24.6. The van der Waals surface area contributed by atoms with Gasteiger partial charge in [-0.05, 0) is 71.1 Å². The molecule has 0 bridgehead atoms. The van der Waals surface area contributed by atoms with E-state index in [1.807, 2.05) is 0 Å². The topological polar surface area (TPSA) is 612 Å². The van der Waals surface area contributed by atoms with Crippen LogP contribution in [0.5, 0.6) is 0 Å². The number of hydrogen-bond donors (Lipinski definition) is 20. The molecular formula is C73H128N11O31P. The van der Waals surface area contributed by atoms with Crippen molar-refractivity contribution in [1.29, 1.82) is 0 Å². The highest BCUT2D eigenvalue weighted by atomic mass is 31.2. The minimum absolute atomic E-state index is 0.0147. The Bertz CT molecular complexity index is 3070. The molecule has 42 nitrogen and oxygen atoms in total. The first-order valence-corrected chi connectivity index (χ1v) is 41.4. The van der Waals surface area contributed by atoms with Crippen molar-refractivity contribution in [3.63, 3.8) is 0 Å². The van der Waals surface area contributed by atoms with E-state index in [9.17, 15) is 103 Å². The zero-order valence-electron chi connectivity index (χ0n) is 67.2. The lowest BCUT2D eigenvalue weighted by molar-refractivity contribution is -0.272. The molecule has 0 radical (unpaired) electrons. The molecule has 11 amide bonds. The minimum atomic E-state index is -3.65. The van der Waals surface area contributed by atoms with Crippen molar-refractivity contribution in [2.75, 3.05) is 119 Å². The van der Waals surface area contributed by atoms with E-state index in [1.54, 1.807) is 13.0 Å². The third kappa shape index (κ3) is 42.5. The van der Waals surface area contributed by atoms with E-state index < -0.39 is 165 Å². The van der Waals surface area contributed by atoms with Crippen LogP contribution in [0, 0.1) is 5.92 Å². The van der Waals surface area contributed by atoms with Crippen LogP contribution < -0.4 is 58.5 Å². The molecule has 116 heavy (non-hydrogen) atoms. The monoisotopic (exact) mass is 1690 g/mol. The van der Waals surface area contributed by atoms with Crippen LogP contribution in [0.1, 0.15) is 150 Å². The molecule has 3 rings (SSSR count). The lowest BCUT2D eigenvalue weighted by Gasteiger charge is -2.42. The van der Waals surface area contributed by atoms with Gasteiger partial charge in [-0.25, -0.2) is 0 Å². The van der Waals surface area contributed by atoms with E-state index >= 15 is 0 Å². The largest absolute Gasteiger partial charge is 0.496 e. The van der Waals surface area contributed by atoms with Gasteiger partial charge < -0.3 is 151 Å². The number of aliphatic hydroxyl groups is 8. The molecule has 18 atom stereocenters. The van der Waals surface area contributed by atoms with E-state index in [0.717, 1.165) is 12.9 Å². The fraction of sp³-hybridized carbons (Fsp3) is 0.795. The van der Waals surface area contributed by atoms with Crippen molar-refractivity contribution >= 4 is 72.6 Å². The Labute approximate surface area is 675 Å². The lowest BCUT2D eigenvalue weighted by Crippen LogP contribution is -2.64. The van der Waals surface area contributed by atoms with Crippen LogP contribution in [0.4, 0.5) is 0 Å². The van der Waals surface area contributed by atoms with Crippen LogP contribution in [0.25, 0.3) is 0 Å².